The van der Waals surface area contributed by atoms with E-state index < -0.39 is 0 Å². The normalized spacial score (nSPS) is 11.1. The molecule has 0 unspecified atom stereocenters. The smallest absolute Gasteiger partial charge is 0.234 e. The average Bonchev–Trinajstić information content (AvgIpc) is 2.55. The van der Waals surface area contributed by atoms with E-state index >= 15 is 0 Å². The topological polar surface area (TPSA) is 66.0 Å². The van der Waals surface area contributed by atoms with Gasteiger partial charge >= 0.3 is 0 Å². The molecule has 0 fully saturated rings. The number of rotatable bonds is 17. The van der Waals surface area contributed by atoms with E-state index in [1.807, 2.05) is 13.8 Å². The van der Waals surface area contributed by atoms with Crippen molar-refractivity contribution >= 4 is 17.5 Å². The first-order valence-electron chi connectivity index (χ1n) is 8.45. The van der Waals surface area contributed by atoms with Gasteiger partial charge in [-0.1, -0.05) is 0 Å². The van der Waals surface area contributed by atoms with E-state index in [1.165, 1.54) is 0 Å². The summed E-state index contributed by atoms with van der Waals surface area (Å²) in [5.74, 6) is -0.104. The molecular formula is C16H32ClNO5. The van der Waals surface area contributed by atoms with Crippen molar-refractivity contribution < 1.29 is 23.7 Å². The molecule has 0 saturated carbocycles. The summed E-state index contributed by atoms with van der Waals surface area (Å²) < 4.78 is 21.9. The highest BCUT2D eigenvalue weighted by molar-refractivity contribution is 6.27. The molecule has 0 spiro atoms. The van der Waals surface area contributed by atoms with E-state index in [-0.39, 0.29) is 18.1 Å². The zero-order valence-electron chi connectivity index (χ0n) is 14.5. The van der Waals surface area contributed by atoms with Gasteiger partial charge in [0.1, 0.15) is 5.88 Å². The zero-order valence-corrected chi connectivity index (χ0v) is 15.2. The van der Waals surface area contributed by atoms with Crippen LogP contribution in [-0.2, 0) is 23.7 Å². The van der Waals surface area contributed by atoms with Gasteiger partial charge in [0.15, 0.2) is 6.29 Å². The minimum absolute atomic E-state index is 0.0202. The van der Waals surface area contributed by atoms with Gasteiger partial charge in [0, 0.05) is 46.0 Å². The Hall–Kier alpha value is -0.400. The summed E-state index contributed by atoms with van der Waals surface area (Å²) in [7, 11) is 0. The molecule has 6 nitrogen and oxygen atoms in total. The van der Waals surface area contributed by atoms with Gasteiger partial charge < -0.3 is 24.3 Å². The maximum Gasteiger partial charge on any atom is 0.234 e. The van der Waals surface area contributed by atoms with Gasteiger partial charge in [0.2, 0.25) is 5.91 Å². The Bertz CT molecular complexity index is 263. The maximum atomic E-state index is 10.9. The molecule has 0 heterocycles. The molecule has 138 valence electrons. The van der Waals surface area contributed by atoms with Crippen LogP contribution in [0, 0.1) is 0 Å². The highest BCUT2D eigenvalue weighted by atomic mass is 35.5. The summed E-state index contributed by atoms with van der Waals surface area (Å²) in [6.07, 6.45) is 3.27. The Morgan fingerprint density at radius 1 is 0.957 bits per heavy atom. The Morgan fingerprint density at radius 2 is 1.57 bits per heavy atom. The second-order valence-electron chi connectivity index (χ2n) is 4.90. The molecule has 0 aromatic heterocycles. The van der Waals surface area contributed by atoms with E-state index in [9.17, 15) is 4.79 Å². The van der Waals surface area contributed by atoms with Crippen LogP contribution in [0.2, 0.25) is 0 Å². The van der Waals surface area contributed by atoms with Gasteiger partial charge in [-0.25, -0.2) is 0 Å². The first-order chi connectivity index (χ1) is 11.2. The van der Waals surface area contributed by atoms with Crippen molar-refractivity contribution in [2.45, 2.75) is 45.8 Å². The third-order valence-electron chi connectivity index (χ3n) is 2.94. The second kappa shape index (κ2) is 17.9. The van der Waals surface area contributed by atoms with Gasteiger partial charge in [-0.3, -0.25) is 4.79 Å². The molecule has 0 aromatic rings. The fraction of sp³-hybridized carbons (Fsp3) is 0.938. The highest BCUT2D eigenvalue weighted by Crippen LogP contribution is 2.01. The summed E-state index contributed by atoms with van der Waals surface area (Å²) in [4.78, 5) is 10.9. The van der Waals surface area contributed by atoms with E-state index in [4.69, 9.17) is 30.5 Å². The van der Waals surface area contributed by atoms with E-state index in [0.717, 1.165) is 25.7 Å². The molecule has 0 saturated heterocycles. The van der Waals surface area contributed by atoms with Crippen LogP contribution in [0.25, 0.3) is 0 Å². The molecule has 0 aliphatic heterocycles. The first kappa shape index (κ1) is 22.6. The molecule has 0 bridgehead atoms. The number of carbonyl (C=O) groups is 1. The van der Waals surface area contributed by atoms with Gasteiger partial charge in [-0.05, 0) is 33.1 Å². The second-order valence-corrected chi connectivity index (χ2v) is 5.17. The van der Waals surface area contributed by atoms with Crippen LogP contribution in [0.3, 0.4) is 0 Å². The van der Waals surface area contributed by atoms with Crippen LogP contribution in [0.5, 0.6) is 0 Å². The summed E-state index contributed by atoms with van der Waals surface area (Å²) in [5.41, 5.74) is 0. The van der Waals surface area contributed by atoms with Crippen molar-refractivity contribution in [2.24, 2.45) is 0 Å². The Labute approximate surface area is 145 Å². The van der Waals surface area contributed by atoms with Crippen molar-refractivity contribution in [1.29, 1.82) is 0 Å². The summed E-state index contributed by atoms with van der Waals surface area (Å²) in [6, 6.07) is 0. The number of nitrogens with one attached hydrogen (secondary N) is 1. The van der Waals surface area contributed by atoms with Crippen LogP contribution in [0.15, 0.2) is 0 Å². The summed E-state index contributed by atoms with van der Waals surface area (Å²) in [6.45, 7) is 8.55. The largest absolute Gasteiger partial charge is 0.381 e. The molecule has 0 radical (unpaired) electrons. The number of amides is 1. The quantitative estimate of drug-likeness (QED) is 0.247. The Morgan fingerprint density at radius 3 is 2.17 bits per heavy atom. The van der Waals surface area contributed by atoms with Gasteiger partial charge in [0.05, 0.1) is 6.61 Å². The number of hydrogen-bond donors (Lipinski definition) is 1. The molecule has 23 heavy (non-hydrogen) atoms. The molecule has 1 amide bonds. The fourth-order valence-corrected chi connectivity index (χ4v) is 1.93. The van der Waals surface area contributed by atoms with E-state index in [0.29, 0.717) is 46.2 Å². The molecule has 0 rings (SSSR count). The predicted molar refractivity (Wildman–Crippen MR) is 90.9 cm³/mol. The average molecular weight is 354 g/mol. The number of ether oxygens (including phenoxy) is 4. The molecule has 0 aliphatic carbocycles. The van der Waals surface area contributed by atoms with Crippen molar-refractivity contribution in [2.75, 3.05) is 52.1 Å². The molecule has 7 heteroatoms. The van der Waals surface area contributed by atoms with Crippen LogP contribution in [0.4, 0.5) is 0 Å². The van der Waals surface area contributed by atoms with Crippen LogP contribution in [-0.4, -0.2) is 64.3 Å². The number of unbranched alkanes of at least 4 members (excludes halogenated alkanes) is 1. The third kappa shape index (κ3) is 16.2. The standard InChI is InChI=1S/C16H32ClNO5/c1-3-22-16(23-4-2)8-13-21-12-7-11-20-10-6-5-9-18-15(19)14-17/h16H,3-14H2,1-2H3,(H,18,19). The molecular weight excluding hydrogens is 322 g/mol. The van der Waals surface area contributed by atoms with E-state index in [2.05, 4.69) is 5.32 Å². The van der Waals surface area contributed by atoms with Gasteiger partial charge in [-0.15, -0.1) is 11.6 Å². The SMILES string of the molecule is CCOC(CCOCCCOCCCCNC(=O)CCl)OCC. The minimum Gasteiger partial charge on any atom is -0.381 e. The first-order valence-corrected chi connectivity index (χ1v) is 8.99. The summed E-state index contributed by atoms with van der Waals surface area (Å²) in [5, 5.41) is 2.72. The van der Waals surface area contributed by atoms with Crippen molar-refractivity contribution in [3.63, 3.8) is 0 Å². The molecule has 0 atom stereocenters. The molecule has 0 aromatic carbocycles. The Kier molecular flexibility index (Phi) is 17.6. The number of carbonyl (C=O) groups excluding carboxylic acids is 1. The van der Waals surface area contributed by atoms with Gasteiger partial charge in [0.25, 0.3) is 0 Å². The van der Waals surface area contributed by atoms with Crippen molar-refractivity contribution in [3.05, 3.63) is 0 Å². The summed E-state index contributed by atoms with van der Waals surface area (Å²) >= 11 is 5.37. The number of hydrogen-bond acceptors (Lipinski definition) is 5. The van der Waals surface area contributed by atoms with Crippen LogP contribution < -0.4 is 5.32 Å². The van der Waals surface area contributed by atoms with Crippen molar-refractivity contribution in [1.82, 2.24) is 5.32 Å². The molecule has 1 N–H and O–H groups in total. The van der Waals surface area contributed by atoms with Crippen LogP contribution in [0.1, 0.15) is 39.5 Å². The monoisotopic (exact) mass is 353 g/mol. The fourth-order valence-electron chi connectivity index (χ4n) is 1.84. The lowest BCUT2D eigenvalue weighted by Gasteiger charge is -2.16. The minimum atomic E-state index is -0.166. The van der Waals surface area contributed by atoms with Crippen molar-refractivity contribution in [3.8, 4) is 0 Å². The lowest BCUT2D eigenvalue weighted by atomic mass is 10.3. The van der Waals surface area contributed by atoms with Gasteiger partial charge in [-0.2, -0.15) is 0 Å². The lowest BCUT2D eigenvalue weighted by Crippen LogP contribution is -2.25. The lowest BCUT2D eigenvalue weighted by molar-refractivity contribution is -0.146. The van der Waals surface area contributed by atoms with E-state index in [1.54, 1.807) is 0 Å². The predicted octanol–water partition coefficient (Wildman–Crippen LogP) is 2.33. The number of alkyl halides is 1. The Balaban J connectivity index is 3.22. The highest BCUT2D eigenvalue weighted by Gasteiger charge is 2.06. The number of halogens is 1. The van der Waals surface area contributed by atoms with Crippen LogP contribution >= 0.6 is 11.6 Å². The maximum absolute atomic E-state index is 10.9. The zero-order chi connectivity index (χ0) is 17.2. The third-order valence-corrected chi connectivity index (χ3v) is 3.18. The molecule has 0 aliphatic rings.